The second-order valence-electron chi connectivity index (χ2n) is 3.64. The third-order valence-electron chi connectivity index (χ3n) is 2.68. The van der Waals surface area contributed by atoms with Crippen LogP contribution in [-0.2, 0) is 4.79 Å². The number of rotatable bonds is 2. The van der Waals surface area contributed by atoms with E-state index in [1.807, 2.05) is 30.3 Å². The van der Waals surface area contributed by atoms with E-state index in [1.54, 1.807) is 0 Å². The summed E-state index contributed by atoms with van der Waals surface area (Å²) in [5.41, 5.74) is 1.18. The van der Waals surface area contributed by atoms with Gasteiger partial charge in [0.05, 0.1) is 5.92 Å². The molecular formula is C11H13NO2. The van der Waals surface area contributed by atoms with E-state index >= 15 is 0 Å². The molecule has 1 fully saturated rings. The normalized spacial score (nSPS) is 26.3. The molecule has 14 heavy (non-hydrogen) atoms. The smallest absolute Gasteiger partial charge is 0.307 e. The minimum atomic E-state index is -0.698. The van der Waals surface area contributed by atoms with E-state index in [1.165, 1.54) is 5.56 Å². The van der Waals surface area contributed by atoms with Gasteiger partial charge in [-0.15, -0.1) is 0 Å². The molecule has 2 rings (SSSR count). The highest BCUT2D eigenvalue weighted by Gasteiger charge is 2.29. The van der Waals surface area contributed by atoms with Crippen LogP contribution in [0.3, 0.4) is 0 Å². The molecule has 0 spiro atoms. The van der Waals surface area contributed by atoms with Gasteiger partial charge in [-0.25, -0.2) is 0 Å². The van der Waals surface area contributed by atoms with Crippen LogP contribution in [0.1, 0.15) is 18.0 Å². The first-order chi connectivity index (χ1) is 6.77. The Labute approximate surface area is 82.8 Å². The summed E-state index contributed by atoms with van der Waals surface area (Å²) in [5.74, 6) is -0.934. The number of benzene rings is 1. The molecule has 0 aromatic heterocycles. The molecule has 74 valence electrons. The molecule has 1 heterocycles. The van der Waals surface area contributed by atoms with Gasteiger partial charge in [-0.2, -0.15) is 0 Å². The van der Waals surface area contributed by atoms with Crippen LogP contribution in [0.15, 0.2) is 30.3 Å². The van der Waals surface area contributed by atoms with E-state index in [2.05, 4.69) is 5.32 Å². The lowest BCUT2D eigenvalue weighted by molar-refractivity contribution is -0.141. The van der Waals surface area contributed by atoms with Crippen molar-refractivity contribution in [1.82, 2.24) is 5.32 Å². The third-order valence-corrected chi connectivity index (χ3v) is 2.68. The van der Waals surface area contributed by atoms with Crippen molar-refractivity contribution in [2.24, 2.45) is 5.92 Å². The van der Waals surface area contributed by atoms with Crippen molar-refractivity contribution in [3.8, 4) is 0 Å². The third kappa shape index (κ3) is 1.77. The summed E-state index contributed by atoms with van der Waals surface area (Å²) in [7, 11) is 0. The first-order valence-corrected chi connectivity index (χ1v) is 4.78. The first kappa shape index (κ1) is 9.21. The van der Waals surface area contributed by atoms with Gasteiger partial charge in [0, 0.05) is 12.6 Å². The van der Waals surface area contributed by atoms with Crippen molar-refractivity contribution >= 4 is 5.97 Å². The van der Waals surface area contributed by atoms with Crippen molar-refractivity contribution in [2.75, 3.05) is 6.54 Å². The highest BCUT2D eigenvalue weighted by atomic mass is 16.4. The molecule has 3 nitrogen and oxygen atoms in total. The van der Waals surface area contributed by atoms with Crippen molar-refractivity contribution in [1.29, 1.82) is 0 Å². The molecule has 2 unspecified atom stereocenters. The van der Waals surface area contributed by atoms with Crippen molar-refractivity contribution in [2.45, 2.75) is 12.5 Å². The molecule has 0 amide bonds. The Kier molecular flexibility index (Phi) is 2.50. The Bertz CT molecular complexity index is 323. The molecule has 0 bridgehead atoms. The van der Waals surface area contributed by atoms with Crippen LogP contribution in [0.25, 0.3) is 0 Å². The maximum absolute atomic E-state index is 10.7. The average molecular weight is 191 g/mol. The zero-order chi connectivity index (χ0) is 9.97. The maximum Gasteiger partial charge on any atom is 0.307 e. The molecule has 2 atom stereocenters. The number of carboxylic acid groups (broad SMARTS) is 1. The second kappa shape index (κ2) is 3.80. The summed E-state index contributed by atoms with van der Waals surface area (Å²) in [6.07, 6.45) is 0.694. The van der Waals surface area contributed by atoms with Crippen LogP contribution in [0.4, 0.5) is 0 Å². The van der Waals surface area contributed by atoms with Gasteiger partial charge in [0.1, 0.15) is 0 Å². The largest absolute Gasteiger partial charge is 0.481 e. The molecule has 1 aromatic carbocycles. The van der Waals surface area contributed by atoms with E-state index in [9.17, 15) is 4.79 Å². The molecule has 2 N–H and O–H groups in total. The van der Waals surface area contributed by atoms with Crippen LogP contribution in [-0.4, -0.2) is 17.6 Å². The predicted octanol–water partition coefficient (Wildman–Crippen LogP) is 1.42. The summed E-state index contributed by atoms with van der Waals surface area (Å²) >= 11 is 0. The van der Waals surface area contributed by atoms with Crippen LogP contribution in [0.2, 0.25) is 0 Å². The van der Waals surface area contributed by atoms with E-state index in [0.717, 1.165) is 0 Å². The number of carbonyl (C=O) groups is 1. The maximum atomic E-state index is 10.7. The minimum absolute atomic E-state index is 0.206. The zero-order valence-electron chi connectivity index (χ0n) is 7.81. The van der Waals surface area contributed by atoms with E-state index in [0.29, 0.717) is 13.0 Å². The fourth-order valence-electron chi connectivity index (χ4n) is 1.86. The van der Waals surface area contributed by atoms with Crippen molar-refractivity contribution < 1.29 is 9.90 Å². The van der Waals surface area contributed by atoms with Gasteiger partial charge >= 0.3 is 5.97 Å². The lowest BCUT2D eigenvalue weighted by Gasteiger charge is -2.09. The van der Waals surface area contributed by atoms with E-state index in [-0.39, 0.29) is 12.0 Å². The van der Waals surface area contributed by atoms with Crippen molar-refractivity contribution in [3.05, 3.63) is 35.9 Å². The average Bonchev–Trinajstić information content (AvgIpc) is 2.68. The summed E-state index contributed by atoms with van der Waals surface area (Å²) in [6, 6.07) is 10.2. The molecule has 0 radical (unpaired) electrons. The van der Waals surface area contributed by atoms with Gasteiger partial charge in [-0.05, 0) is 12.0 Å². The highest BCUT2D eigenvalue weighted by molar-refractivity contribution is 5.70. The van der Waals surface area contributed by atoms with Gasteiger partial charge in [-0.3, -0.25) is 4.79 Å². The number of nitrogens with one attached hydrogen (secondary N) is 1. The minimum Gasteiger partial charge on any atom is -0.481 e. The van der Waals surface area contributed by atoms with Crippen LogP contribution in [0, 0.1) is 5.92 Å². The SMILES string of the molecule is O=C(O)C1CNC(c2ccccc2)C1. The zero-order valence-corrected chi connectivity index (χ0v) is 7.81. The molecular weight excluding hydrogens is 178 g/mol. The summed E-state index contributed by atoms with van der Waals surface area (Å²) < 4.78 is 0. The Hall–Kier alpha value is -1.35. The van der Waals surface area contributed by atoms with Crippen molar-refractivity contribution in [3.63, 3.8) is 0 Å². The molecule has 3 heteroatoms. The Morgan fingerprint density at radius 2 is 2.07 bits per heavy atom. The van der Waals surface area contributed by atoms with Crippen LogP contribution < -0.4 is 5.32 Å². The number of carboxylic acids is 1. The second-order valence-corrected chi connectivity index (χ2v) is 3.64. The molecule has 1 aliphatic rings. The van der Waals surface area contributed by atoms with E-state index < -0.39 is 5.97 Å². The Morgan fingerprint density at radius 3 is 2.64 bits per heavy atom. The fraction of sp³-hybridized carbons (Fsp3) is 0.364. The Balaban J connectivity index is 2.06. The molecule has 1 saturated heterocycles. The van der Waals surface area contributed by atoms with Gasteiger partial charge in [-0.1, -0.05) is 30.3 Å². The molecule has 0 aliphatic carbocycles. The topological polar surface area (TPSA) is 49.3 Å². The molecule has 1 aliphatic heterocycles. The monoisotopic (exact) mass is 191 g/mol. The number of hydrogen-bond acceptors (Lipinski definition) is 2. The lowest BCUT2D eigenvalue weighted by Crippen LogP contribution is -2.17. The molecule has 1 aromatic rings. The van der Waals surface area contributed by atoms with E-state index in [4.69, 9.17) is 5.11 Å². The fourth-order valence-corrected chi connectivity index (χ4v) is 1.86. The quantitative estimate of drug-likeness (QED) is 0.743. The summed E-state index contributed by atoms with van der Waals surface area (Å²) in [5, 5.41) is 12.1. The van der Waals surface area contributed by atoms with Gasteiger partial charge in [0.2, 0.25) is 0 Å². The van der Waals surface area contributed by atoms with Crippen LogP contribution in [0.5, 0.6) is 0 Å². The highest BCUT2D eigenvalue weighted by Crippen LogP contribution is 2.26. The molecule has 0 saturated carbocycles. The number of hydrogen-bond donors (Lipinski definition) is 2. The van der Waals surface area contributed by atoms with Gasteiger partial charge < -0.3 is 10.4 Å². The number of aliphatic carboxylic acids is 1. The van der Waals surface area contributed by atoms with Gasteiger partial charge in [0.25, 0.3) is 0 Å². The first-order valence-electron chi connectivity index (χ1n) is 4.78. The Morgan fingerprint density at radius 1 is 1.36 bits per heavy atom. The predicted molar refractivity (Wildman–Crippen MR) is 52.9 cm³/mol. The summed E-state index contributed by atoms with van der Waals surface area (Å²) in [6.45, 7) is 0.578. The summed E-state index contributed by atoms with van der Waals surface area (Å²) in [4.78, 5) is 10.7. The van der Waals surface area contributed by atoms with Crippen LogP contribution >= 0.6 is 0 Å². The van der Waals surface area contributed by atoms with Gasteiger partial charge in [0.15, 0.2) is 0 Å². The lowest BCUT2D eigenvalue weighted by atomic mass is 10.0. The standard InChI is InChI=1S/C11H13NO2/c13-11(14)9-6-10(12-7-9)8-4-2-1-3-5-8/h1-5,9-10,12H,6-7H2,(H,13,14).